The molecule has 0 heterocycles. The predicted molar refractivity (Wildman–Crippen MR) is 68.1 cm³/mol. The van der Waals surface area contributed by atoms with Crippen molar-refractivity contribution in [1.29, 1.82) is 0 Å². The quantitative estimate of drug-likeness (QED) is 0.588. The molecule has 0 aromatic heterocycles. The molecule has 0 bridgehead atoms. The van der Waals surface area contributed by atoms with Crippen LogP contribution < -0.4 is 4.98 Å². The molecule has 0 saturated carbocycles. The van der Waals surface area contributed by atoms with Gasteiger partial charge in [0.1, 0.15) is 15.0 Å². The zero-order chi connectivity index (χ0) is 12.9. The Morgan fingerprint density at radius 1 is 1.31 bits per heavy atom. The van der Waals surface area contributed by atoms with E-state index in [0.717, 1.165) is 0 Å². The summed E-state index contributed by atoms with van der Waals surface area (Å²) in [6.45, 7) is 12.1. The highest BCUT2D eigenvalue weighted by Crippen LogP contribution is 2.13. The van der Waals surface area contributed by atoms with E-state index in [4.69, 9.17) is 9.47 Å². The number of rotatable bonds is 5. The smallest absolute Gasteiger partial charge is 0.324 e. The first-order chi connectivity index (χ1) is 7.17. The number of carbonyl (C=O) groups is 1. The Labute approximate surface area is 100 Å². The van der Waals surface area contributed by atoms with Crippen LogP contribution in [0.3, 0.4) is 0 Å². The zero-order valence-corrected chi connectivity index (χ0v) is 12.6. The van der Waals surface area contributed by atoms with Gasteiger partial charge in [0.05, 0.1) is 18.8 Å². The van der Waals surface area contributed by atoms with E-state index >= 15 is 0 Å². The maximum Gasteiger partial charge on any atom is 0.324 e. The predicted octanol–water partition coefficient (Wildman–Crippen LogP) is 1.30. The minimum Gasteiger partial charge on any atom is -0.468 e. The molecule has 0 aliphatic heterocycles. The van der Waals surface area contributed by atoms with Crippen molar-refractivity contribution in [3.05, 3.63) is 0 Å². The minimum absolute atomic E-state index is 0.192. The highest BCUT2D eigenvalue weighted by molar-refractivity contribution is 6.53. The third kappa shape index (κ3) is 6.25. The molecule has 4 nitrogen and oxygen atoms in total. The maximum absolute atomic E-state index is 11.6. The van der Waals surface area contributed by atoms with Gasteiger partial charge in [-0.05, 0) is 27.7 Å². The van der Waals surface area contributed by atoms with Crippen LogP contribution in [0.2, 0.25) is 13.1 Å². The maximum atomic E-state index is 11.6. The summed E-state index contributed by atoms with van der Waals surface area (Å²) in [5.74, 6) is -0.252. The molecule has 0 aliphatic rings. The van der Waals surface area contributed by atoms with Gasteiger partial charge in [0, 0.05) is 0 Å². The molecule has 5 heteroatoms. The van der Waals surface area contributed by atoms with Crippen molar-refractivity contribution in [1.82, 2.24) is 4.98 Å². The molecular formula is C11H25NO3Si. The number of ether oxygens (including phenoxy) is 2. The molecular weight excluding hydrogens is 222 g/mol. The molecule has 0 aliphatic carbocycles. The molecule has 0 fully saturated rings. The van der Waals surface area contributed by atoms with Gasteiger partial charge in [-0.25, -0.2) is 0 Å². The van der Waals surface area contributed by atoms with Gasteiger partial charge in [-0.3, -0.25) is 4.79 Å². The molecule has 0 unspecified atom stereocenters. The molecule has 0 rings (SSSR count). The van der Waals surface area contributed by atoms with Gasteiger partial charge in [-0.2, -0.15) is 0 Å². The third-order valence-electron chi connectivity index (χ3n) is 1.98. The normalized spacial score (nSPS) is 16.0. The lowest BCUT2D eigenvalue weighted by molar-refractivity contribution is -0.150. The van der Waals surface area contributed by atoms with Gasteiger partial charge >= 0.3 is 5.97 Å². The second kappa shape index (κ2) is 6.37. The van der Waals surface area contributed by atoms with Gasteiger partial charge in [0.15, 0.2) is 0 Å². The van der Waals surface area contributed by atoms with Crippen molar-refractivity contribution in [2.45, 2.75) is 58.5 Å². The summed E-state index contributed by atoms with van der Waals surface area (Å²) in [7, 11) is 0.352. The molecule has 0 aromatic carbocycles. The van der Waals surface area contributed by atoms with Crippen LogP contribution >= 0.6 is 0 Å². The molecule has 16 heavy (non-hydrogen) atoms. The van der Waals surface area contributed by atoms with E-state index in [2.05, 4.69) is 18.1 Å². The number of hydrogen-bond donors (Lipinski definition) is 1. The summed E-state index contributed by atoms with van der Waals surface area (Å²) in [4.78, 5) is 14.9. The van der Waals surface area contributed by atoms with Gasteiger partial charge in [0.25, 0.3) is 0 Å². The Morgan fingerprint density at radius 2 is 1.81 bits per heavy atom. The van der Waals surface area contributed by atoms with E-state index in [1.165, 1.54) is 7.11 Å². The fourth-order valence-corrected chi connectivity index (χ4v) is 2.63. The molecule has 0 amide bonds. The van der Waals surface area contributed by atoms with Crippen molar-refractivity contribution in [3.8, 4) is 0 Å². The van der Waals surface area contributed by atoms with E-state index in [9.17, 15) is 4.79 Å². The van der Waals surface area contributed by atoms with E-state index in [-0.39, 0.29) is 23.7 Å². The van der Waals surface area contributed by atoms with Crippen molar-refractivity contribution >= 4 is 14.9 Å². The molecule has 0 radical (unpaired) electrons. The first-order valence-corrected chi connectivity index (χ1v) is 8.57. The lowest BCUT2D eigenvalue weighted by Crippen LogP contribution is -2.52. The lowest BCUT2D eigenvalue weighted by atomic mass is 10.1. The van der Waals surface area contributed by atoms with Gasteiger partial charge < -0.3 is 14.5 Å². The highest BCUT2D eigenvalue weighted by atomic mass is 28.3. The second-order valence-electron chi connectivity index (χ2n) is 5.26. The minimum atomic E-state index is -1.05. The SMILES string of the molecule is COC(=O)[C@@H](N[SiH](C)C)[C@@H](C)OC(C)(C)C. The molecule has 0 spiro atoms. The molecule has 1 N–H and O–H groups in total. The third-order valence-corrected chi connectivity index (χ3v) is 3.00. The summed E-state index contributed by atoms with van der Waals surface area (Å²) in [6, 6.07) is -0.365. The van der Waals surface area contributed by atoms with E-state index in [1.807, 2.05) is 27.7 Å². The van der Waals surface area contributed by atoms with Crippen LogP contribution in [0.15, 0.2) is 0 Å². The topological polar surface area (TPSA) is 47.6 Å². The number of hydrogen-bond acceptors (Lipinski definition) is 4. The molecule has 96 valence electrons. The van der Waals surface area contributed by atoms with Crippen LogP contribution in [0, 0.1) is 0 Å². The fourth-order valence-electron chi connectivity index (χ4n) is 1.51. The van der Waals surface area contributed by atoms with Crippen LogP contribution in [-0.2, 0) is 14.3 Å². The van der Waals surface area contributed by atoms with E-state index < -0.39 is 8.96 Å². The van der Waals surface area contributed by atoms with Gasteiger partial charge in [-0.15, -0.1) is 0 Å². The Kier molecular flexibility index (Phi) is 6.21. The fraction of sp³-hybridized carbons (Fsp3) is 0.909. The largest absolute Gasteiger partial charge is 0.468 e. The van der Waals surface area contributed by atoms with Crippen molar-refractivity contribution in [2.24, 2.45) is 0 Å². The monoisotopic (exact) mass is 247 g/mol. The lowest BCUT2D eigenvalue weighted by Gasteiger charge is -2.30. The van der Waals surface area contributed by atoms with Crippen molar-refractivity contribution < 1.29 is 14.3 Å². The van der Waals surface area contributed by atoms with Crippen molar-refractivity contribution in [2.75, 3.05) is 7.11 Å². The van der Waals surface area contributed by atoms with Crippen LogP contribution in [0.4, 0.5) is 0 Å². The number of nitrogens with one attached hydrogen (secondary N) is 1. The van der Waals surface area contributed by atoms with Crippen molar-refractivity contribution in [3.63, 3.8) is 0 Å². The highest BCUT2D eigenvalue weighted by Gasteiger charge is 2.30. The van der Waals surface area contributed by atoms with Crippen LogP contribution in [-0.4, -0.2) is 39.8 Å². The van der Waals surface area contributed by atoms with E-state index in [0.29, 0.717) is 0 Å². The Morgan fingerprint density at radius 3 is 2.12 bits per heavy atom. The zero-order valence-electron chi connectivity index (χ0n) is 11.5. The summed E-state index contributed by atoms with van der Waals surface area (Å²) in [5.41, 5.74) is -0.258. The second-order valence-corrected chi connectivity index (χ2v) is 7.90. The van der Waals surface area contributed by atoms with Gasteiger partial charge in [0.2, 0.25) is 0 Å². The van der Waals surface area contributed by atoms with Crippen LogP contribution in [0.5, 0.6) is 0 Å². The summed E-state index contributed by atoms with van der Waals surface area (Å²) >= 11 is 0. The Bertz CT molecular complexity index is 226. The standard InChI is InChI=1S/C11H25NO3Si/c1-8(15-11(2,3)4)9(10(13)14-5)12-16(6)7/h8-9,12,16H,1-7H3/t8-,9+/m1/s1. The summed E-state index contributed by atoms with van der Waals surface area (Å²) in [5, 5.41) is 0. The average molecular weight is 247 g/mol. The van der Waals surface area contributed by atoms with Crippen LogP contribution in [0.1, 0.15) is 27.7 Å². The Hall–Kier alpha value is -0.393. The first-order valence-electron chi connectivity index (χ1n) is 5.69. The van der Waals surface area contributed by atoms with Gasteiger partial charge in [-0.1, -0.05) is 13.1 Å². The molecule has 0 aromatic rings. The first kappa shape index (κ1) is 15.6. The Balaban J connectivity index is 4.56. The number of esters is 1. The van der Waals surface area contributed by atoms with E-state index in [1.54, 1.807) is 0 Å². The summed E-state index contributed by atoms with van der Waals surface area (Å²) in [6.07, 6.45) is -0.192. The molecule has 0 saturated heterocycles. The summed E-state index contributed by atoms with van der Waals surface area (Å²) < 4.78 is 10.6. The van der Waals surface area contributed by atoms with Crippen LogP contribution in [0.25, 0.3) is 0 Å². The number of carbonyl (C=O) groups excluding carboxylic acids is 1. The average Bonchev–Trinajstić information content (AvgIpc) is 2.09. The molecule has 2 atom stereocenters. The number of methoxy groups -OCH3 is 1.